The molecule has 0 amide bonds. The summed E-state index contributed by atoms with van der Waals surface area (Å²) in [5.74, 6) is 1.56. The molecule has 184 valence electrons. The van der Waals surface area contributed by atoms with E-state index in [1.807, 2.05) is 31.2 Å². The minimum atomic E-state index is -0.0771. The Balaban J connectivity index is 1.47. The Morgan fingerprint density at radius 1 is 1.17 bits per heavy atom. The van der Waals surface area contributed by atoms with Gasteiger partial charge < -0.3 is 18.9 Å². The maximum absolute atomic E-state index is 13.0. The fourth-order valence-corrected chi connectivity index (χ4v) is 3.99. The van der Waals surface area contributed by atoms with Gasteiger partial charge in [0.15, 0.2) is 22.8 Å². The van der Waals surface area contributed by atoms with Crippen LogP contribution in [0.4, 0.5) is 11.8 Å². The SMILES string of the molecule is COc1cccc(C(=O)Cn2cnc3c(N/N=C/c4cccc(C)c4)nc(N4CCOCC4)nc32)c1. The summed E-state index contributed by atoms with van der Waals surface area (Å²) in [6, 6.07) is 15.1. The molecule has 1 N–H and O–H groups in total. The van der Waals surface area contributed by atoms with E-state index < -0.39 is 0 Å². The van der Waals surface area contributed by atoms with Crippen molar-refractivity contribution < 1.29 is 14.3 Å². The first kappa shape index (κ1) is 23.4. The lowest BCUT2D eigenvalue weighted by Crippen LogP contribution is -2.37. The summed E-state index contributed by atoms with van der Waals surface area (Å²) in [6.07, 6.45) is 3.34. The molecule has 2 aromatic carbocycles. The van der Waals surface area contributed by atoms with Crippen LogP contribution in [-0.4, -0.2) is 64.9 Å². The van der Waals surface area contributed by atoms with Crippen LogP contribution in [0.1, 0.15) is 21.5 Å². The smallest absolute Gasteiger partial charge is 0.229 e. The van der Waals surface area contributed by atoms with Crippen molar-refractivity contribution in [1.29, 1.82) is 0 Å². The Hall–Kier alpha value is -4.31. The van der Waals surface area contributed by atoms with E-state index in [1.165, 1.54) is 0 Å². The fraction of sp³-hybridized carbons (Fsp3) is 0.269. The Labute approximate surface area is 208 Å². The molecule has 0 radical (unpaired) electrons. The molecule has 10 nitrogen and oxygen atoms in total. The average molecular weight is 486 g/mol. The van der Waals surface area contributed by atoms with Gasteiger partial charge in [-0.2, -0.15) is 15.1 Å². The number of Topliss-reactive ketones (excluding diaryl/α,β-unsaturated/α-hetero) is 1. The van der Waals surface area contributed by atoms with E-state index >= 15 is 0 Å². The molecule has 0 atom stereocenters. The number of hydrazone groups is 1. The third-order valence-electron chi connectivity index (χ3n) is 5.88. The number of carbonyl (C=O) groups is 1. The van der Waals surface area contributed by atoms with Gasteiger partial charge in [0.25, 0.3) is 0 Å². The fourth-order valence-electron chi connectivity index (χ4n) is 3.99. The second-order valence-corrected chi connectivity index (χ2v) is 8.46. The van der Waals surface area contributed by atoms with Gasteiger partial charge >= 0.3 is 0 Å². The molecule has 36 heavy (non-hydrogen) atoms. The summed E-state index contributed by atoms with van der Waals surface area (Å²) in [5, 5.41) is 4.39. The number of benzene rings is 2. The van der Waals surface area contributed by atoms with Crippen LogP contribution in [0.25, 0.3) is 11.2 Å². The highest BCUT2D eigenvalue weighted by Gasteiger charge is 2.20. The van der Waals surface area contributed by atoms with Crippen LogP contribution in [0.5, 0.6) is 5.75 Å². The number of fused-ring (bicyclic) bond motifs is 1. The number of imidazole rings is 1. The minimum absolute atomic E-state index is 0.0771. The van der Waals surface area contributed by atoms with Crippen LogP contribution in [0.2, 0.25) is 0 Å². The highest BCUT2D eigenvalue weighted by molar-refractivity contribution is 5.97. The van der Waals surface area contributed by atoms with E-state index in [0.29, 0.717) is 60.5 Å². The minimum Gasteiger partial charge on any atom is -0.497 e. The second-order valence-electron chi connectivity index (χ2n) is 8.46. The van der Waals surface area contributed by atoms with Crippen LogP contribution in [0, 0.1) is 6.92 Å². The zero-order valence-electron chi connectivity index (χ0n) is 20.2. The number of morpholine rings is 1. The van der Waals surface area contributed by atoms with Crippen LogP contribution in [0.3, 0.4) is 0 Å². The zero-order chi connectivity index (χ0) is 24.9. The summed E-state index contributed by atoms with van der Waals surface area (Å²) in [7, 11) is 1.58. The summed E-state index contributed by atoms with van der Waals surface area (Å²) in [5.41, 5.74) is 6.79. The zero-order valence-corrected chi connectivity index (χ0v) is 20.2. The quantitative estimate of drug-likeness (QED) is 0.230. The second kappa shape index (κ2) is 10.5. The molecule has 0 bridgehead atoms. The van der Waals surface area contributed by atoms with E-state index in [9.17, 15) is 4.79 Å². The van der Waals surface area contributed by atoms with E-state index in [1.54, 1.807) is 48.5 Å². The number of hydrogen-bond acceptors (Lipinski definition) is 9. The third kappa shape index (κ3) is 5.18. The Kier molecular flexibility index (Phi) is 6.85. The van der Waals surface area contributed by atoms with E-state index in [-0.39, 0.29) is 12.3 Å². The van der Waals surface area contributed by atoms with E-state index in [4.69, 9.17) is 19.4 Å². The molecular weight excluding hydrogens is 458 g/mol. The maximum atomic E-state index is 13.0. The van der Waals surface area contributed by atoms with Gasteiger partial charge in [0.05, 0.1) is 39.4 Å². The molecule has 0 saturated carbocycles. The lowest BCUT2D eigenvalue weighted by Gasteiger charge is -2.27. The van der Waals surface area contributed by atoms with Gasteiger partial charge in [0.2, 0.25) is 5.95 Å². The van der Waals surface area contributed by atoms with Crippen molar-refractivity contribution in [1.82, 2.24) is 19.5 Å². The van der Waals surface area contributed by atoms with Gasteiger partial charge in [0, 0.05) is 18.7 Å². The van der Waals surface area contributed by atoms with Gasteiger partial charge in [0.1, 0.15) is 5.75 Å². The Bertz CT molecular complexity index is 1410. The van der Waals surface area contributed by atoms with Gasteiger partial charge in [-0.15, -0.1) is 0 Å². The molecule has 0 aliphatic carbocycles. The highest BCUT2D eigenvalue weighted by Crippen LogP contribution is 2.24. The standard InChI is InChI=1S/C26H27N7O3/c1-18-5-3-6-19(13-18)15-28-31-24-23-25(30-26(29-24)32-9-11-36-12-10-32)33(17-27-23)16-22(34)20-7-4-8-21(14-20)35-2/h3-8,13-15,17H,9-12,16H2,1-2H3,(H,29,30,31)/b28-15+. The largest absolute Gasteiger partial charge is 0.497 e. The van der Waals surface area contributed by atoms with Crippen LogP contribution < -0.4 is 15.1 Å². The maximum Gasteiger partial charge on any atom is 0.229 e. The van der Waals surface area contributed by atoms with Crippen molar-refractivity contribution in [2.75, 3.05) is 43.7 Å². The summed E-state index contributed by atoms with van der Waals surface area (Å²) >= 11 is 0. The number of ketones is 1. The predicted molar refractivity (Wildman–Crippen MR) is 138 cm³/mol. The topological polar surface area (TPSA) is 107 Å². The van der Waals surface area contributed by atoms with Crippen molar-refractivity contribution in [3.63, 3.8) is 0 Å². The van der Waals surface area contributed by atoms with Crippen LogP contribution in [0.15, 0.2) is 60.0 Å². The van der Waals surface area contributed by atoms with Crippen LogP contribution in [-0.2, 0) is 11.3 Å². The first-order chi connectivity index (χ1) is 17.6. The van der Waals surface area contributed by atoms with Crippen molar-refractivity contribution in [2.24, 2.45) is 5.10 Å². The predicted octanol–water partition coefficient (Wildman–Crippen LogP) is 3.31. The van der Waals surface area contributed by atoms with Crippen molar-refractivity contribution >= 4 is 34.9 Å². The molecule has 1 fully saturated rings. The molecule has 2 aromatic heterocycles. The number of rotatable bonds is 8. The van der Waals surface area contributed by atoms with Gasteiger partial charge in [-0.25, -0.2) is 4.98 Å². The molecule has 1 aliphatic heterocycles. The molecule has 0 spiro atoms. The number of aryl methyl sites for hydroxylation is 1. The number of nitrogens with one attached hydrogen (secondary N) is 1. The number of anilines is 2. The number of carbonyl (C=O) groups excluding carboxylic acids is 1. The Morgan fingerprint density at radius 3 is 2.81 bits per heavy atom. The first-order valence-corrected chi connectivity index (χ1v) is 11.7. The molecule has 5 rings (SSSR count). The molecule has 10 heteroatoms. The monoisotopic (exact) mass is 485 g/mol. The normalized spacial score (nSPS) is 13.9. The summed E-state index contributed by atoms with van der Waals surface area (Å²) in [6.45, 7) is 4.66. The lowest BCUT2D eigenvalue weighted by atomic mass is 10.1. The Morgan fingerprint density at radius 2 is 2.00 bits per heavy atom. The van der Waals surface area contributed by atoms with E-state index in [2.05, 4.69) is 20.4 Å². The van der Waals surface area contributed by atoms with E-state index in [0.717, 1.165) is 11.1 Å². The third-order valence-corrected chi connectivity index (χ3v) is 5.88. The van der Waals surface area contributed by atoms with Gasteiger partial charge in [-0.3, -0.25) is 10.2 Å². The number of nitrogens with zero attached hydrogens (tertiary/aromatic N) is 6. The average Bonchev–Trinajstić information content (AvgIpc) is 3.32. The van der Waals surface area contributed by atoms with Gasteiger partial charge in [-0.1, -0.05) is 42.0 Å². The van der Waals surface area contributed by atoms with Crippen molar-refractivity contribution in [3.8, 4) is 5.75 Å². The van der Waals surface area contributed by atoms with Crippen LogP contribution >= 0.6 is 0 Å². The summed E-state index contributed by atoms with van der Waals surface area (Å²) in [4.78, 5) is 29.1. The number of methoxy groups -OCH3 is 1. The molecule has 4 aromatic rings. The number of aromatic nitrogens is 4. The van der Waals surface area contributed by atoms with Gasteiger partial charge in [-0.05, 0) is 24.6 Å². The number of hydrogen-bond donors (Lipinski definition) is 1. The molecule has 1 aliphatic rings. The molecule has 3 heterocycles. The van der Waals surface area contributed by atoms with Crippen molar-refractivity contribution in [2.45, 2.75) is 13.5 Å². The highest BCUT2D eigenvalue weighted by atomic mass is 16.5. The lowest BCUT2D eigenvalue weighted by molar-refractivity contribution is 0.0973. The van der Waals surface area contributed by atoms with Crippen molar-refractivity contribution in [3.05, 3.63) is 71.5 Å². The summed E-state index contributed by atoms with van der Waals surface area (Å²) < 4.78 is 12.5. The number of ether oxygens (including phenoxy) is 2. The molecular formula is C26H27N7O3. The molecule has 0 unspecified atom stereocenters. The first-order valence-electron chi connectivity index (χ1n) is 11.7. The molecule has 1 saturated heterocycles.